The molecule has 0 radical (unpaired) electrons. The first-order chi connectivity index (χ1) is 7.09. The van der Waals surface area contributed by atoms with Gasteiger partial charge in [0.2, 0.25) is 0 Å². The SMILES string of the molecule is CC(C)c1cnn2cc(C(=O)O)cnc12. The molecule has 0 atom stereocenters. The van der Waals surface area contributed by atoms with Crippen molar-refractivity contribution in [2.24, 2.45) is 0 Å². The van der Waals surface area contributed by atoms with Crippen molar-refractivity contribution in [2.45, 2.75) is 19.8 Å². The Morgan fingerprint density at radius 1 is 1.47 bits per heavy atom. The van der Waals surface area contributed by atoms with E-state index < -0.39 is 5.97 Å². The topological polar surface area (TPSA) is 67.5 Å². The van der Waals surface area contributed by atoms with E-state index in [9.17, 15) is 4.79 Å². The highest BCUT2D eigenvalue weighted by molar-refractivity contribution is 5.87. The quantitative estimate of drug-likeness (QED) is 0.807. The van der Waals surface area contributed by atoms with Gasteiger partial charge in [0.15, 0.2) is 5.65 Å². The fraction of sp³-hybridized carbons (Fsp3) is 0.300. The summed E-state index contributed by atoms with van der Waals surface area (Å²) in [7, 11) is 0. The van der Waals surface area contributed by atoms with Gasteiger partial charge in [-0.3, -0.25) is 0 Å². The smallest absolute Gasteiger partial charge is 0.338 e. The number of nitrogens with zero attached hydrogens (tertiary/aromatic N) is 3. The summed E-state index contributed by atoms with van der Waals surface area (Å²) >= 11 is 0. The Morgan fingerprint density at radius 2 is 2.20 bits per heavy atom. The number of rotatable bonds is 2. The number of aromatic carboxylic acids is 1. The molecule has 0 aliphatic carbocycles. The van der Waals surface area contributed by atoms with Gasteiger partial charge in [0, 0.05) is 18.0 Å². The van der Waals surface area contributed by atoms with E-state index in [0.717, 1.165) is 11.2 Å². The molecule has 5 nitrogen and oxygen atoms in total. The molecule has 0 saturated heterocycles. The third-order valence-electron chi connectivity index (χ3n) is 2.25. The van der Waals surface area contributed by atoms with Crippen LogP contribution in [0.4, 0.5) is 0 Å². The van der Waals surface area contributed by atoms with Crippen molar-refractivity contribution in [2.75, 3.05) is 0 Å². The molecule has 0 aromatic carbocycles. The lowest BCUT2D eigenvalue weighted by molar-refractivity contribution is 0.0695. The van der Waals surface area contributed by atoms with Crippen molar-refractivity contribution in [1.29, 1.82) is 0 Å². The highest BCUT2D eigenvalue weighted by Crippen LogP contribution is 2.18. The molecule has 15 heavy (non-hydrogen) atoms. The Morgan fingerprint density at radius 3 is 2.80 bits per heavy atom. The van der Waals surface area contributed by atoms with Crippen molar-refractivity contribution in [3.05, 3.63) is 29.7 Å². The summed E-state index contributed by atoms with van der Waals surface area (Å²) < 4.78 is 1.50. The lowest BCUT2D eigenvalue weighted by Gasteiger charge is -2.01. The van der Waals surface area contributed by atoms with E-state index in [4.69, 9.17) is 5.11 Å². The van der Waals surface area contributed by atoms with Gasteiger partial charge in [0.05, 0.1) is 11.8 Å². The monoisotopic (exact) mass is 205 g/mol. The minimum absolute atomic E-state index is 0.140. The zero-order valence-electron chi connectivity index (χ0n) is 8.51. The van der Waals surface area contributed by atoms with Crippen LogP contribution in [0.3, 0.4) is 0 Å². The van der Waals surface area contributed by atoms with Crippen LogP contribution in [0.25, 0.3) is 5.65 Å². The molecule has 1 N–H and O–H groups in total. The van der Waals surface area contributed by atoms with Crippen LogP contribution in [-0.2, 0) is 0 Å². The van der Waals surface area contributed by atoms with Crippen LogP contribution in [0, 0.1) is 0 Å². The number of carboxylic acids is 1. The second kappa shape index (κ2) is 3.34. The van der Waals surface area contributed by atoms with Crippen LogP contribution in [-0.4, -0.2) is 25.7 Å². The molecular formula is C10H11N3O2. The maximum Gasteiger partial charge on any atom is 0.338 e. The van der Waals surface area contributed by atoms with Crippen molar-refractivity contribution < 1.29 is 9.90 Å². The van der Waals surface area contributed by atoms with Gasteiger partial charge in [-0.15, -0.1) is 0 Å². The molecule has 0 saturated carbocycles. The number of hydrogen-bond donors (Lipinski definition) is 1. The molecule has 2 heterocycles. The van der Waals surface area contributed by atoms with Crippen molar-refractivity contribution in [1.82, 2.24) is 14.6 Å². The Kier molecular flexibility index (Phi) is 2.15. The molecule has 2 aromatic rings. The molecule has 2 aromatic heterocycles. The van der Waals surface area contributed by atoms with Gasteiger partial charge in [0.25, 0.3) is 0 Å². The third kappa shape index (κ3) is 1.56. The predicted octanol–water partition coefficient (Wildman–Crippen LogP) is 1.55. The Balaban J connectivity index is 2.61. The summed E-state index contributed by atoms with van der Waals surface area (Å²) in [6.45, 7) is 4.09. The second-order valence-electron chi connectivity index (χ2n) is 3.67. The summed E-state index contributed by atoms with van der Waals surface area (Å²) in [4.78, 5) is 14.8. The summed E-state index contributed by atoms with van der Waals surface area (Å²) in [5.74, 6) is -0.670. The summed E-state index contributed by atoms with van der Waals surface area (Å²) in [6, 6.07) is 0. The average Bonchev–Trinajstić information content (AvgIpc) is 2.59. The first-order valence-electron chi connectivity index (χ1n) is 4.66. The van der Waals surface area contributed by atoms with Gasteiger partial charge >= 0.3 is 5.97 Å². The average molecular weight is 205 g/mol. The van der Waals surface area contributed by atoms with Crippen molar-refractivity contribution >= 4 is 11.6 Å². The normalized spacial score (nSPS) is 11.1. The highest BCUT2D eigenvalue weighted by Gasteiger charge is 2.11. The molecule has 0 bridgehead atoms. The van der Waals surface area contributed by atoms with Crippen LogP contribution in [0.5, 0.6) is 0 Å². The molecule has 78 valence electrons. The lowest BCUT2D eigenvalue weighted by atomic mass is 10.1. The molecule has 0 unspecified atom stereocenters. The summed E-state index contributed by atoms with van der Waals surface area (Å²) in [5, 5.41) is 12.9. The van der Waals surface area contributed by atoms with Crippen LogP contribution in [0.15, 0.2) is 18.6 Å². The third-order valence-corrected chi connectivity index (χ3v) is 2.25. The molecule has 0 amide bonds. The second-order valence-corrected chi connectivity index (χ2v) is 3.67. The van der Waals surface area contributed by atoms with Crippen LogP contribution >= 0.6 is 0 Å². The van der Waals surface area contributed by atoms with Gasteiger partial charge in [0.1, 0.15) is 0 Å². The number of aromatic nitrogens is 3. The molecular weight excluding hydrogens is 194 g/mol. The predicted molar refractivity (Wildman–Crippen MR) is 54.0 cm³/mol. The van der Waals surface area contributed by atoms with Gasteiger partial charge in [-0.05, 0) is 5.92 Å². The highest BCUT2D eigenvalue weighted by atomic mass is 16.4. The van der Waals surface area contributed by atoms with Gasteiger partial charge in [-0.1, -0.05) is 13.8 Å². The zero-order chi connectivity index (χ0) is 11.0. The number of carbonyl (C=O) groups is 1. The van der Waals surface area contributed by atoms with E-state index >= 15 is 0 Å². The van der Waals surface area contributed by atoms with E-state index in [-0.39, 0.29) is 5.56 Å². The maximum atomic E-state index is 10.7. The number of hydrogen-bond acceptors (Lipinski definition) is 3. The van der Waals surface area contributed by atoms with Crippen LogP contribution < -0.4 is 0 Å². The van der Waals surface area contributed by atoms with Crippen molar-refractivity contribution in [3.8, 4) is 0 Å². The number of fused-ring (bicyclic) bond motifs is 1. The van der Waals surface area contributed by atoms with E-state index in [1.165, 1.54) is 16.9 Å². The molecule has 5 heteroatoms. The Labute approximate surface area is 86.4 Å². The maximum absolute atomic E-state index is 10.7. The van der Waals surface area contributed by atoms with Crippen LogP contribution in [0.1, 0.15) is 35.7 Å². The molecule has 0 aliphatic rings. The molecule has 2 rings (SSSR count). The lowest BCUT2D eigenvalue weighted by Crippen LogP contribution is -2.01. The largest absolute Gasteiger partial charge is 0.478 e. The Hall–Kier alpha value is -1.91. The van der Waals surface area contributed by atoms with Gasteiger partial charge in [-0.25, -0.2) is 14.3 Å². The van der Waals surface area contributed by atoms with E-state index in [1.807, 2.05) is 13.8 Å². The minimum atomic E-state index is -0.994. The van der Waals surface area contributed by atoms with Gasteiger partial charge in [-0.2, -0.15) is 5.10 Å². The van der Waals surface area contributed by atoms with E-state index in [2.05, 4.69) is 10.1 Å². The standard InChI is InChI=1S/C10H11N3O2/c1-6(2)8-4-12-13-5-7(10(14)15)3-11-9(8)13/h3-6H,1-2H3,(H,14,15). The molecule has 0 spiro atoms. The summed E-state index contributed by atoms with van der Waals surface area (Å²) in [6.07, 6.45) is 4.54. The van der Waals surface area contributed by atoms with Crippen LogP contribution in [0.2, 0.25) is 0 Å². The molecule has 0 fully saturated rings. The first kappa shape index (κ1) is 9.64. The minimum Gasteiger partial charge on any atom is -0.478 e. The van der Waals surface area contributed by atoms with E-state index in [0.29, 0.717) is 5.92 Å². The van der Waals surface area contributed by atoms with E-state index in [1.54, 1.807) is 6.20 Å². The van der Waals surface area contributed by atoms with Gasteiger partial charge < -0.3 is 5.11 Å². The fourth-order valence-electron chi connectivity index (χ4n) is 1.41. The van der Waals surface area contributed by atoms with Crippen molar-refractivity contribution in [3.63, 3.8) is 0 Å². The number of carboxylic acid groups (broad SMARTS) is 1. The fourth-order valence-corrected chi connectivity index (χ4v) is 1.41. The molecule has 0 aliphatic heterocycles. The Bertz CT molecular complexity index is 516. The zero-order valence-corrected chi connectivity index (χ0v) is 8.51. The summed E-state index contributed by atoms with van der Waals surface area (Å²) in [5.41, 5.74) is 1.88. The first-order valence-corrected chi connectivity index (χ1v) is 4.66.